The summed E-state index contributed by atoms with van der Waals surface area (Å²) in [6, 6.07) is 5.61. The van der Waals surface area contributed by atoms with Gasteiger partial charge in [0.2, 0.25) is 5.91 Å². The fourth-order valence-corrected chi connectivity index (χ4v) is 1.09. The first-order valence-electron chi connectivity index (χ1n) is 4.29. The molecule has 0 saturated heterocycles. The summed E-state index contributed by atoms with van der Waals surface area (Å²) in [7, 11) is 0. The Morgan fingerprint density at radius 1 is 1.56 bits per heavy atom. The highest BCUT2D eigenvalue weighted by Crippen LogP contribution is 2.24. The minimum atomic E-state index is -3.01. The van der Waals surface area contributed by atoms with Crippen molar-refractivity contribution in [2.24, 2.45) is 0 Å². The molecule has 0 heterocycles. The molecule has 1 aromatic carbocycles. The lowest BCUT2D eigenvalue weighted by Gasteiger charge is -2.08. The number of ether oxygens (including phenoxy) is 1. The molecule has 0 aliphatic heterocycles. The first kappa shape index (κ1) is 11.9. The van der Waals surface area contributed by atoms with E-state index in [1.165, 1.54) is 25.1 Å². The van der Waals surface area contributed by atoms with Gasteiger partial charge in [-0.05, 0) is 12.1 Å². The maximum absolute atomic E-state index is 12.0. The predicted octanol–water partition coefficient (Wildman–Crippen LogP) is 2.12. The molecule has 0 saturated carbocycles. The van der Waals surface area contributed by atoms with Gasteiger partial charge in [0, 0.05) is 18.7 Å². The number of hydrogen-bond acceptors (Lipinski definition) is 3. The van der Waals surface area contributed by atoms with Crippen LogP contribution in [0.25, 0.3) is 0 Å². The minimum absolute atomic E-state index is 0.0191. The lowest BCUT2D eigenvalue weighted by atomic mass is 10.2. The van der Waals surface area contributed by atoms with Gasteiger partial charge in [-0.3, -0.25) is 4.79 Å². The summed E-state index contributed by atoms with van der Waals surface area (Å²) < 4.78 is 28.2. The third-order valence-corrected chi connectivity index (χ3v) is 1.64. The predicted molar refractivity (Wildman–Crippen MR) is 52.1 cm³/mol. The van der Waals surface area contributed by atoms with Gasteiger partial charge in [-0.25, -0.2) is 0 Å². The molecule has 0 unspecified atom stereocenters. The number of carbonyl (C=O) groups excluding carboxylic acids is 1. The van der Waals surface area contributed by atoms with Gasteiger partial charge in [0.15, 0.2) is 0 Å². The van der Waals surface area contributed by atoms with Crippen LogP contribution < -0.4 is 10.1 Å². The summed E-state index contributed by atoms with van der Waals surface area (Å²) >= 11 is 0. The molecule has 0 aliphatic carbocycles. The van der Waals surface area contributed by atoms with Crippen molar-refractivity contribution < 1.29 is 18.3 Å². The number of alkyl halides is 2. The number of amides is 1. The number of benzene rings is 1. The molecule has 0 fully saturated rings. The second kappa shape index (κ2) is 5.07. The Morgan fingerprint density at radius 3 is 2.75 bits per heavy atom. The van der Waals surface area contributed by atoms with Crippen molar-refractivity contribution in [2.45, 2.75) is 13.5 Å². The van der Waals surface area contributed by atoms with Crippen LogP contribution in [0.2, 0.25) is 0 Å². The molecule has 0 radical (unpaired) electrons. The first-order valence-corrected chi connectivity index (χ1v) is 4.29. The Balaban J connectivity index is 3.02. The molecule has 1 amide bonds. The standard InChI is InChI=1S/C10H8F2N2O2/c1-6(15)14-8-3-2-7(5-13)9(4-8)16-10(11)12/h2-4,10H,1H3,(H,14,15). The number of hydrogen-bond donors (Lipinski definition) is 1. The van der Waals surface area contributed by atoms with Crippen LogP contribution in [-0.4, -0.2) is 12.5 Å². The van der Waals surface area contributed by atoms with E-state index in [1.807, 2.05) is 0 Å². The Morgan fingerprint density at radius 2 is 2.25 bits per heavy atom. The van der Waals surface area contributed by atoms with Gasteiger partial charge in [-0.1, -0.05) is 0 Å². The van der Waals surface area contributed by atoms with Crippen LogP contribution in [0.3, 0.4) is 0 Å². The van der Waals surface area contributed by atoms with Crippen molar-refractivity contribution in [2.75, 3.05) is 5.32 Å². The number of rotatable bonds is 3. The van der Waals surface area contributed by atoms with E-state index in [0.717, 1.165) is 0 Å². The molecule has 6 heteroatoms. The molecule has 0 aliphatic rings. The SMILES string of the molecule is CC(=O)Nc1ccc(C#N)c(OC(F)F)c1. The minimum Gasteiger partial charge on any atom is -0.433 e. The lowest BCUT2D eigenvalue weighted by Crippen LogP contribution is -2.08. The zero-order valence-electron chi connectivity index (χ0n) is 8.33. The van der Waals surface area contributed by atoms with E-state index >= 15 is 0 Å². The average Bonchev–Trinajstić information content (AvgIpc) is 2.16. The smallest absolute Gasteiger partial charge is 0.387 e. The van der Waals surface area contributed by atoms with Crippen molar-refractivity contribution in [3.05, 3.63) is 23.8 Å². The van der Waals surface area contributed by atoms with Crippen LogP contribution in [0.5, 0.6) is 5.75 Å². The van der Waals surface area contributed by atoms with E-state index in [4.69, 9.17) is 5.26 Å². The number of nitrogens with one attached hydrogen (secondary N) is 1. The summed E-state index contributed by atoms with van der Waals surface area (Å²) in [4.78, 5) is 10.7. The summed E-state index contributed by atoms with van der Waals surface area (Å²) in [5, 5.41) is 11.0. The van der Waals surface area contributed by atoms with Gasteiger partial charge in [0.1, 0.15) is 11.8 Å². The molecule has 1 rings (SSSR count). The number of halogens is 2. The van der Waals surface area contributed by atoms with E-state index in [9.17, 15) is 13.6 Å². The number of anilines is 1. The number of carbonyl (C=O) groups is 1. The summed E-state index contributed by atoms with van der Waals surface area (Å²) in [6.45, 7) is -1.73. The third-order valence-electron chi connectivity index (χ3n) is 1.64. The Hall–Kier alpha value is -2.16. The van der Waals surface area contributed by atoms with Crippen LogP contribution >= 0.6 is 0 Å². The average molecular weight is 226 g/mol. The largest absolute Gasteiger partial charge is 0.433 e. The fourth-order valence-electron chi connectivity index (χ4n) is 1.09. The molecule has 84 valence electrons. The zero-order chi connectivity index (χ0) is 12.1. The maximum atomic E-state index is 12.0. The third kappa shape index (κ3) is 3.20. The molecule has 0 atom stereocenters. The monoisotopic (exact) mass is 226 g/mol. The molecule has 4 nitrogen and oxygen atoms in total. The second-order valence-corrected chi connectivity index (χ2v) is 2.88. The summed E-state index contributed by atoms with van der Waals surface area (Å²) in [5.41, 5.74) is 0.275. The normalized spacial score (nSPS) is 9.69. The van der Waals surface area contributed by atoms with E-state index in [-0.39, 0.29) is 17.2 Å². The molecular formula is C10H8F2N2O2. The van der Waals surface area contributed by atoms with E-state index < -0.39 is 6.61 Å². The highest BCUT2D eigenvalue weighted by molar-refractivity contribution is 5.89. The highest BCUT2D eigenvalue weighted by Gasteiger charge is 2.10. The van der Waals surface area contributed by atoms with Crippen molar-refractivity contribution in [3.8, 4) is 11.8 Å². The van der Waals surface area contributed by atoms with Crippen molar-refractivity contribution in [1.29, 1.82) is 5.26 Å². The molecule has 0 bridgehead atoms. The molecule has 0 aromatic heterocycles. The molecule has 0 spiro atoms. The molecular weight excluding hydrogens is 218 g/mol. The van der Waals surface area contributed by atoms with Gasteiger partial charge in [0.05, 0.1) is 5.56 Å². The van der Waals surface area contributed by atoms with Crippen molar-refractivity contribution in [3.63, 3.8) is 0 Å². The van der Waals surface area contributed by atoms with Gasteiger partial charge < -0.3 is 10.1 Å². The van der Waals surface area contributed by atoms with Crippen LogP contribution in [0.4, 0.5) is 14.5 Å². The second-order valence-electron chi connectivity index (χ2n) is 2.88. The van der Waals surface area contributed by atoms with Crippen LogP contribution in [0.1, 0.15) is 12.5 Å². The number of nitriles is 1. The Bertz CT molecular complexity index is 441. The van der Waals surface area contributed by atoms with Crippen molar-refractivity contribution in [1.82, 2.24) is 0 Å². The number of nitrogens with zero attached hydrogens (tertiary/aromatic N) is 1. The van der Waals surface area contributed by atoms with Gasteiger partial charge >= 0.3 is 6.61 Å². The highest BCUT2D eigenvalue weighted by atomic mass is 19.3. The Labute approximate surface area is 90.4 Å². The van der Waals surface area contributed by atoms with Gasteiger partial charge in [-0.15, -0.1) is 0 Å². The fraction of sp³-hybridized carbons (Fsp3) is 0.200. The van der Waals surface area contributed by atoms with E-state index in [2.05, 4.69) is 10.1 Å². The zero-order valence-corrected chi connectivity index (χ0v) is 8.33. The summed E-state index contributed by atoms with van der Waals surface area (Å²) in [6.07, 6.45) is 0. The van der Waals surface area contributed by atoms with Crippen LogP contribution in [0, 0.1) is 11.3 Å². The van der Waals surface area contributed by atoms with Gasteiger partial charge in [-0.2, -0.15) is 14.0 Å². The first-order chi connectivity index (χ1) is 7.52. The topological polar surface area (TPSA) is 62.1 Å². The lowest BCUT2D eigenvalue weighted by molar-refractivity contribution is -0.114. The summed E-state index contributed by atoms with van der Waals surface area (Å²) in [5.74, 6) is -0.601. The quantitative estimate of drug-likeness (QED) is 0.858. The van der Waals surface area contributed by atoms with Crippen molar-refractivity contribution >= 4 is 11.6 Å². The molecule has 1 N–H and O–H groups in total. The molecule has 1 aromatic rings. The Kier molecular flexibility index (Phi) is 3.78. The van der Waals surface area contributed by atoms with E-state index in [0.29, 0.717) is 5.69 Å². The van der Waals surface area contributed by atoms with Crippen LogP contribution in [0.15, 0.2) is 18.2 Å². The molecule has 16 heavy (non-hydrogen) atoms. The maximum Gasteiger partial charge on any atom is 0.387 e. The van der Waals surface area contributed by atoms with Gasteiger partial charge in [0.25, 0.3) is 0 Å². The van der Waals surface area contributed by atoms with E-state index in [1.54, 1.807) is 6.07 Å². The van der Waals surface area contributed by atoms with Crippen LogP contribution in [-0.2, 0) is 4.79 Å².